The lowest BCUT2D eigenvalue weighted by Crippen LogP contribution is -2.20. The van der Waals surface area contributed by atoms with Crippen molar-refractivity contribution in [2.24, 2.45) is 11.8 Å². The standard InChI is InChI=1S/C13H21NO/c1-9(2)13(11-6-7-14-8-11)12-5-4-10(3)15-12/h4-5,9,11,13-14H,6-8H2,1-3H3. The Morgan fingerprint density at radius 1 is 1.40 bits per heavy atom. The van der Waals surface area contributed by atoms with Gasteiger partial charge in [-0.1, -0.05) is 13.8 Å². The quantitative estimate of drug-likeness (QED) is 0.824. The molecule has 2 atom stereocenters. The Bertz CT molecular complexity index is 310. The monoisotopic (exact) mass is 207 g/mol. The average Bonchev–Trinajstić information content (AvgIpc) is 2.77. The van der Waals surface area contributed by atoms with Crippen LogP contribution < -0.4 is 5.32 Å². The molecule has 0 amide bonds. The number of aryl methyl sites for hydroxylation is 1. The van der Waals surface area contributed by atoms with Crippen molar-refractivity contribution in [1.82, 2.24) is 5.32 Å². The summed E-state index contributed by atoms with van der Waals surface area (Å²) in [6.45, 7) is 8.91. The predicted octanol–water partition coefficient (Wildman–Crippen LogP) is 2.94. The third-order valence-corrected chi connectivity index (χ3v) is 3.41. The molecule has 2 heteroatoms. The first-order chi connectivity index (χ1) is 7.18. The molecule has 15 heavy (non-hydrogen) atoms. The van der Waals surface area contributed by atoms with Crippen molar-refractivity contribution >= 4 is 0 Å². The molecule has 0 spiro atoms. The van der Waals surface area contributed by atoms with Gasteiger partial charge in [0.1, 0.15) is 11.5 Å². The highest BCUT2D eigenvalue weighted by molar-refractivity contribution is 5.13. The average molecular weight is 207 g/mol. The van der Waals surface area contributed by atoms with Gasteiger partial charge in [-0.25, -0.2) is 0 Å². The maximum atomic E-state index is 5.79. The first kappa shape index (κ1) is 10.7. The fourth-order valence-corrected chi connectivity index (χ4v) is 2.72. The van der Waals surface area contributed by atoms with Gasteiger partial charge in [-0.2, -0.15) is 0 Å². The van der Waals surface area contributed by atoms with E-state index in [1.54, 1.807) is 0 Å². The third-order valence-electron chi connectivity index (χ3n) is 3.41. The largest absolute Gasteiger partial charge is 0.466 e. The van der Waals surface area contributed by atoms with Gasteiger partial charge in [0.05, 0.1) is 0 Å². The topological polar surface area (TPSA) is 25.2 Å². The molecule has 0 saturated carbocycles. The van der Waals surface area contributed by atoms with Gasteiger partial charge in [0.25, 0.3) is 0 Å². The molecule has 1 saturated heterocycles. The van der Waals surface area contributed by atoms with Crippen LogP contribution in [0.25, 0.3) is 0 Å². The van der Waals surface area contributed by atoms with Crippen molar-refractivity contribution in [2.45, 2.75) is 33.1 Å². The maximum absolute atomic E-state index is 5.79. The van der Waals surface area contributed by atoms with Crippen molar-refractivity contribution in [3.8, 4) is 0 Å². The summed E-state index contributed by atoms with van der Waals surface area (Å²) in [4.78, 5) is 0. The van der Waals surface area contributed by atoms with Crippen LogP contribution >= 0.6 is 0 Å². The van der Waals surface area contributed by atoms with E-state index >= 15 is 0 Å². The molecule has 2 unspecified atom stereocenters. The molecule has 2 nitrogen and oxygen atoms in total. The van der Waals surface area contributed by atoms with E-state index in [2.05, 4.69) is 31.3 Å². The molecule has 2 rings (SSSR count). The van der Waals surface area contributed by atoms with Crippen molar-refractivity contribution in [1.29, 1.82) is 0 Å². The van der Waals surface area contributed by atoms with Crippen LogP contribution in [0.15, 0.2) is 16.5 Å². The van der Waals surface area contributed by atoms with Gasteiger partial charge in [0, 0.05) is 5.92 Å². The Morgan fingerprint density at radius 2 is 2.20 bits per heavy atom. The molecule has 0 aromatic carbocycles. The number of hydrogen-bond acceptors (Lipinski definition) is 2. The van der Waals surface area contributed by atoms with Crippen LogP contribution in [0.1, 0.15) is 37.7 Å². The van der Waals surface area contributed by atoms with Gasteiger partial charge in [0.15, 0.2) is 0 Å². The Kier molecular flexibility index (Phi) is 3.15. The van der Waals surface area contributed by atoms with Crippen molar-refractivity contribution in [2.75, 3.05) is 13.1 Å². The highest BCUT2D eigenvalue weighted by atomic mass is 16.3. The van der Waals surface area contributed by atoms with E-state index in [4.69, 9.17) is 4.42 Å². The lowest BCUT2D eigenvalue weighted by atomic mass is 9.81. The molecule has 84 valence electrons. The first-order valence-corrected chi connectivity index (χ1v) is 5.95. The van der Waals surface area contributed by atoms with Crippen LogP contribution in [0.4, 0.5) is 0 Å². The number of rotatable bonds is 3. The molecule has 0 bridgehead atoms. The third kappa shape index (κ3) is 2.25. The number of nitrogens with one attached hydrogen (secondary N) is 1. The second-order valence-electron chi connectivity index (χ2n) is 4.97. The second-order valence-corrected chi connectivity index (χ2v) is 4.97. The van der Waals surface area contributed by atoms with Gasteiger partial charge in [-0.3, -0.25) is 0 Å². The van der Waals surface area contributed by atoms with Crippen LogP contribution in [0, 0.1) is 18.8 Å². The summed E-state index contributed by atoms with van der Waals surface area (Å²) in [6, 6.07) is 4.23. The highest BCUT2D eigenvalue weighted by Crippen LogP contribution is 2.36. The Labute approximate surface area is 92.1 Å². The Morgan fingerprint density at radius 3 is 2.67 bits per heavy atom. The number of hydrogen-bond donors (Lipinski definition) is 1. The van der Waals surface area contributed by atoms with Crippen molar-refractivity contribution in [3.63, 3.8) is 0 Å². The van der Waals surface area contributed by atoms with Gasteiger partial charge in [0.2, 0.25) is 0 Å². The molecule has 0 aliphatic carbocycles. The van der Waals surface area contributed by atoms with E-state index in [1.165, 1.54) is 12.2 Å². The normalized spacial score (nSPS) is 23.6. The minimum atomic E-state index is 0.577. The SMILES string of the molecule is Cc1ccc(C(C(C)C)C2CCNC2)o1. The van der Waals surface area contributed by atoms with Crippen LogP contribution in [0.5, 0.6) is 0 Å². The van der Waals surface area contributed by atoms with Crippen molar-refractivity contribution in [3.05, 3.63) is 23.7 Å². The molecule has 1 aromatic heterocycles. The summed E-state index contributed by atoms with van der Waals surface area (Å²) in [5.74, 6) is 4.18. The van der Waals surface area contributed by atoms with Gasteiger partial charge >= 0.3 is 0 Å². The van der Waals surface area contributed by atoms with Gasteiger partial charge in [-0.05, 0) is 50.4 Å². The van der Waals surface area contributed by atoms with E-state index in [0.29, 0.717) is 11.8 Å². The fraction of sp³-hybridized carbons (Fsp3) is 0.692. The first-order valence-electron chi connectivity index (χ1n) is 5.95. The molecular formula is C13H21NO. The maximum Gasteiger partial charge on any atom is 0.107 e. The summed E-state index contributed by atoms with van der Waals surface area (Å²) >= 11 is 0. The second kappa shape index (κ2) is 4.40. The lowest BCUT2D eigenvalue weighted by molar-refractivity contribution is 0.304. The minimum absolute atomic E-state index is 0.577. The van der Waals surface area contributed by atoms with Gasteiger partial charge < -0.3 is 9.73 Å². The van der Waals surface area contributed by atoms with E-state index < -0.39 is 0 Å². The lowest BCUT2D eigenvalue weighted by Gasteiger charge is -2.24. The molecule has 1 aromatic rings. The number of furan rings is 1. The zero-order valence-corrected chi connectivity index (χ0v) is 9.92. The van der Waals surface area contributed by atoms with Crippen molar-refractivity contribution < 1.29 is 4.42 Å². The molecule has 2 heterocycles. The Balaban J connectivity index is 2.18. The summed E-state index contributed by atoms with van der Waals surface area (Å²) in [5, 5.41) is 3.44. The zero-order chi connectivity index (χ0) is 10.8. The zero-order valence-electron chi connectivity index (χ0n) is 9.92. The van der Waals surface area contributed by atoms with Crippen LogP contribution in [-0.2, 0) is 0 Å². The summed E-state index contributed by atoms with van der Waals surface area (Å²) < 4.78 is 5.79. The Hall–Kier alpha value is -0.760. The molecule has 1 aliphatic heterocycles. The minimum Gasteiger partial charge on any atom is -0.466 e. The summed E-state index contributed by atoms with van der Waals surface area (Å²) in [6.07, 6.45) is 1.28. The molecule has 0 radical (unpaired) electrons. The van der Waals surface area contributed by atoms with E-state index in [9.17, 15) is 0 Å². The van der Waals surface area contributed by atoms with Crippen LogP contribution in [0.2, 0.25) is 0 Å². The molecule has 1 fully saturated rings. The van der Waals surface area contributed by atoms with Crippen LogP contribution in [-0.4, -0.2) is 13.1 Å². The molecule has 1 aliphatic rings. The molecular weight excluding hydrogens is 186 g/mol. The van der Waals surface area contributed by atoms with E-state index in [1.807, 2.05) is 6.92 Å². The molecule has 1 N–H and O–H groups in total. The smallest absolute Gasteiger partial charge is 0.107 e. The summed E-state index contributed by atoms with van der Waals surface area (Å²) in [7, 11) is 0. The predicted molar refractivity (Wildman–Crippen MR) is 62.0 cm³/mol. The van der Waals surface area contributed by atoms with E-state index in [0.717, 1.165) is 24.8 Å². The summed E-state index contributed by atoms with van der Waals surface area (Å²) in [5.41, 5.74) is 0. The van der Waals surface area contributed by atoms with E-state index in [-0.39, 0.29) is 0 Å². The highest BCUT2D eigenvalue weighted by Gasteiger charge is 2.30. The van der Waals surface area contributed by atoms with Gasteiger partial charge in [-0.15, -0.1) is 0 Å². The van der Waals surface area contributed by atoms with Crippen LogP contribution in [0.3, 0.4) is 0 Å². The fourth-order valence-electron chi connectivity index (χ4n) is 2.72.